The predicted molar refractivity (Wildman–Crippen MR) is 102 cm³/mol. The zero-order valence-electron chi connectivity index (χ0n) is 17.7. The molecule has 4 unspecified atom stereocenters. The van der Waals surface area contributed by atoms with Crippen molar-refractivity contribution in [1.29, 1.82) is 0 Å². The normalized spacial score (nSPS) is 22.2. The van der Waals surface area contributed by atoms with Gasteiger partial charge in [0.05, 0.1) is 19.6 Å². The van der Waals surface area contributed by atoms with Crippen LogP contribution in [0.1, 0.15) is 93.9 Å². The van der Waals surface area contributed by atoms with Crippen molar-refractivity contribution in [3.05, 3.63) is 0 Å². The summed E-state index contributed by atoms with van der Waals surface area (Å²) in [6.07, 6.45) is 5.30. The molecule has 0 aromatic rings. The summed E-state index contributed by atoms with van der Waals surface area (Å²) < 4.78 is 4.58. The zero-order chi connectivity index (χ0) is 18.8. The molecule has 0 radical (unpaired) electrons. The Bertz CT molecular complexity index is 247. The predicted octanol–water partition coefficient (Wildman–Crippen LogP) is 5.84. The van der Waals surface area contributed by atoms with Gasteiger partial charge in [-0.15, -0.1) is 0 Å². The molecule has 0 bridgehead atoms. The van der Waals surface area contributed by atoms with Crippen LogP contribution in [-0.2, 0) is 30.6 Å². The molecule has 1 aliphatic rings. The van der Waals surface area contributed by atoms with Gasteiger partial charge in [-0.2, -0.15) is 0 Å². The molecule has 1 N–H and O–H groups in total. The zero-order valence-corrected chi connectivity index (χ0v) is 20.7. The standard InChI is InChI=1S/C14H26O3.3C2H6.W/c1-4-10-6-11(5-2)12(7-10)8-13(15)9-14(16)17-3;3*1-2;/h10-13,15H,4-9H2,1-3H3;3*1-2H3;. The van der Waals surface area contributed by atoms with E-state index in [4.69, 9.17) is 0 Å². The minimum absolute atomic E-state index is 0. The molecule has 3 nitrogen and oxygen atoms in total. The Kier molecular flexibility index (Phi) is 30.7. The number of aliphatic hydroxyl groups excluding tert-OH is 1. The Morgan fingerprint density at radius 1 is 1.00 bits per heavy atom. The third kappa shape index (κ3) is 14.5. The van der Waals surface area contributed by atoms with Crippen LogP contribution in [0, 0.1) is 17.8 Å². The Labute approximate surface area is 166 Å². The van der Waals surface area contributed by atoms with E-state index in [1.807, 2.05) is 41.5 Å². The van der Waals surface area contributed by atoms with E-state index in [0.717, 1.165) is 18.3 Å². The van der Waals surface area contributed by atoms with Gasteiger partial charge in [0.2, 0.25) is 0 Å². The van der Waals surface area contributed by atoms with Gasteiger partial charge >= 0.3 is 5.97 Å². The van der Waals surface area contributed by atoms with Crippen molar-refractivity contribution in [3.63, 3.8) is 0 Å². The van der Waals surface area contributed by atoms with Crippen LogP contribution in [0.4, 0.5) is 0 Å². The number of hydrogen-bond donors (Lipinski definition) is 1. The van der Waals surface area contributed by atoms with Crippen LogP contribution in [0.5, 0.6) is 0 Å². The number of methoxy groups -OCH3 is 1. The topological polar surface area (TPSA) is 46.5 Å². The van der Waals surface area contributed by atoms with Crippen LogP contribution in [0.15, 0.2) is 0 Å². The molecule has 1 fully saturated rings. The fraction of sp³-hybridized carbons (Fsp3) is 0.950. The van der Waals surface area contributed by atoms with Gasteiger partial charge in [-0.05, 0) is 37.0 Å². The summed E-state index contributed by atoms with van der Waals surface area (Å²) in [5, 5.41) is 9.88. The molecule has 148 valence electrons. The number of esters is 1. The molecule has 0 aromatic carbocycles. The molecule has 0 heterocycles. The largest absolute Gasteiger partial charge is 0.469 e. The average molecular weight is 516 g/mol. The second-order valence-electron chi connectivity index (χ2n) is 5.34. The Morgan fingerprint density at radius 3 is 1.83 bits per heavy atom. The minimum Gasteiger partial charge on any atom is -0.469 e. The van der Waals surface area contributed by atoms with Crippen LogP contribution in [0.25, 0.3) is 0 Å². The Balaban J connectivity index is -0.000000256. The van der Waals surface area contributed by atoms with Crippen molar-refractivity contribution in [3.8, 4) is 0 Å². The number of hydrogen-bond acceptors (Lipinski definition) is 3. The first-order valence-electron chi connectivity index (χ1n) is 9.85. The number of carbonyl (C=O) groups is 1. The molecule has 1 aliphatic carbocycles. The van der Waals surface area contributed by atoms with Gasteiger partial charge in [0, 0.05) is 21.1 Å². The molecule has 4 heteroatoms. The first-order chi connectivity index (χ1) is 11.1. The molecule has 0 saturated heterocycles. The maximum atomic E-state index is 11.1. The van der Waals surface area contributed by atoms with E-state index >= 15 is 0 Å². The van der Waals surface area contributed by atoms with E-state index in [0.29, 0.717) is 5.92 Å². The molecule has 0 aromatic heterocycles. The van der Waals surface area contributed by atoms with E-state index in [-0.39, 0.29) is 33.5 Å². The van der Waals surface area contributed by atoms with Gasteiger partial charge < -0.3 is 9.84 Å². The SMILES string of the molecule is CC.CC.CC.CCC1CC(CC)C(CC(O)CC(=O)OC)C1.[W]. The molecule has 1 rings (SSSR count). The van der Waals surface area contributed by atoms with E-state index < -0.39 is 6.10 Å². The third-order valence-corrected chi connectivity index (χ3v) is 4.25. The molecule has 24 heavy (non-hydrogen) atoms. The quantitative estimate of drug-likeness (QED) is 0.452. The molecular formula is C20H44O3W. The monoisotopic (exact) mass is 516 g/mol. The van der Waals surface area contributed by atoms with E-state index in [9.17, 15) is 9.90 Å². The van der Waals surface area contributed by atoms with Crippen LogP contribution in [-0.4, -0.2) is 24.3 Å². The fourth-order valence-electron chi connectivity index (χ4n) is 3.17. The number of carbonyl (C=O) groups excluding carboxylic acids is 1. The third-order valence-electron chi connectivity index (χ3n) is 4.25. The number of ether oxygens (including phenoxy) is 1. The van der Waals surface area contributed by atoms with E-state index in [2.05, 4.69) is 18.6 Å². The number of rotatable bonds is 6. The summed E-state index contributed by atoms with van der Waals surface area (Å²) in [6, 6.07) is 0. The van der Waals surface area contributed by atoms with Gasteiger partial charge in [0.25, 0.3) is 0 Å². The van der Waals surface area contributed by atoms with Crippen LogP contribution in [0.3, 0.4) is 0 Å². The fourth-order valence-corrected chi connectivity index (χ4v) is 3.17. The number of aliphatic hydroxyl groups is 1. The maximum absolute atomic E-state index is 11.1. The summed E-state index contributed by atoms with van der Waals surface area (Å²) in [7, 11) is 1.37. The first kappa shape index (κ1) is 31.8. The summed E-state index contributed by atoms with van der Waals surface area (Å²) in [5.74, 6) is 1.82. The maximum Gasteiger partial charge on any atom is 0.308 e. The summed E-state index contributed by atoms with van der Waals surface area (Å²) >= 11 is 0. The van der Waals surface area contributed by atoms with Crippen LogP contribution < -0.4 is 0 Å². The molecule has 1 saturated carbocycles. The van der Waals surface area contributed by atoms with Gasteiger partial charge in [-0.3, -0.25) is 4.79 Å². The Morgan fingerprint density at radius 2 is 1.46 bits per heavy atom. The summed E-state index contributed by atoms with van der Waals surface area (Å²) in [4.78, 5) is 11.1. The average Bonchev–Trinajstić information content (AvgIpc) is 3.01. The van der Waals surface area contributed by atoms with Crippen molar-refractivity contribution in [1.82, 2.24) is 0 Å². The minimum atomic E-state index is -0.530. The smallest absolute Gasteiger partial charge is 0.308 e. The molecule has 4 atom stereocenters. The summed E-state index contributed by atoms with van der Waals surface area (Å²) in [5.41, 5.74) is 0. The molecule has 0 amide bonds. The van der Waals surface area contributed by atoms with E-state index in [1.54, 1.807) is 0 Å². The molecular weight excluding hydrogens is 472 g/mol. The van der Waals surface area contributed by atoms with Crippen molar-refractivity contribution in [2.24, 2.45) is 17.8 Å². The van der Waals surface area contributed by atoms with Crippen molar-refractivity contribution in [2.45, 2.75) is 100 Å². The molecule has 0 aliphatic heterocycles. The van der Waals surface area contributed by atoms with Crippen LogP contribution >= 0.6 is 0 Å². The Hall–Kier alpha value is 0.118. The van der Waals surface area contributed by atoms with Crippen LogP contribution in [0.2, 0.25) is 0 Å². The van der Waals surface area contributed by atoms with Gasteiger partial charge in [0.1, 0.15) is 0 Å². The summed E-state index contributed by atoms with van der Waals surface area (Å²) in [6.45, 7) is 16.5. The second kappa shape index (κ2) is 23.1. The van der Waals surface area contributed by atoms with Gasteiger partial charge in [0.15, 0.2) is 0 Å². The van der Waals surface area contributed by atoms with Gasteiger partial charge in [-0.25, -0.2) is 0 Å². The molecule has 0 spiro atoms. The van der Waals surface area contributed by atoms with Crippen molar-refractivity contribution in [2.75, 3.05) is 7.11 Å². The van der Waals surface area contributed by atoms with Gasteiger partial charge in [-0.1, -0.05) is 68.2 Å². The second-order valence-corrected chi connectivity index (χ2v) is 5.34. The van der Waals surface area contributed by atoms with E-state index in [1.165, 1.54) is 32.8 Å². The first-order valence-corrected chi connectivity index (χ1v) is 9.85. The van der Waals surface area contributed by atoms with Crippen molar-refractivity contribution >= 4 is 5.97 Å². The van der Waals surface area contributed by atoms with Crippen molar-refractivity contribution < 1.29 is 35.7 Å².